The Morgan fingerprint density at radius 3 is 2.75 bits per heavy atom. The van der Waals surface area contributed by atoms with Crippen LogP contribution in [0.3, 0.4) is 0 Å². The highest BCUT2D eigenvalue weighted by Crippen LogP contribution is 2.37. The monoisotopic (exact) mass is 348 g/mol. The van der Waals surface area contributed by atoms with Crippen molar-refractivity contribution >= 4 is 23.7 Å². The summed E-state index contributed by atoms with van der Waals surface area (Å²) in [4.78, 5) is 11.9. The fraction of sp³-hybridized carbons (Fsp3) is 0.176. The number of rotatable bonds is 3. The van der Waals surface area contributed by atoms with Crippen molar-refractivity contribution in [3.8, 4) is 11.5 Å². The molecule has 0 aliphatic carbocycles. The summed E-state index contributed by atoms with van der Waals surface area (Å²) in [7, 11) is 0. The molecule has 0 fully saturated rings. The molecule has 0 saturated heterocycles. The standard InChI is InChI=1S/C17H14ClFN2O3/c18-14-8-11(9-15-16(14)24-7-1-6-23-15)10-20-21-17(22)12-2-4-13(19)5-3-12/h2-5,8-10H,1,6-7H2,(H,21,22)/b20-10-. The van der Waals surface area contributed by atoms with Crippen molar-refractivity contribution in [1.29, 1.82) is 0 Å². The van der Waals surface area contributed by atoms with Crippen molar-refractivity contribution in [3.05, 3.63) is 58.4 Å². The van der Waals surface area contributed by atoms with E-state index in [-0.39, 0.29) is 0 Å². The molecular formula is C17H14ClFN2O3. The summed E-state index contributed by atoms with van der Waals surface area (Å²) >= 11 is 6.18. The Kier molecular flexibility index (Phi) is 4.96. The van der Waals surface area contributed by atoms with Crippen LogP contribution in [0.25, 0.3) is 0 Å². The van der Waals surface area contributed by atoms with Gasteiger partial charge in [-0.3, -0.25) is 4.79 Å². The second kappa shape index (κ2) is 7.31. The molecule has 0 aromatic heterocycles. The Balaban J connectivity index is 1.70. The van der Waals surface area contributed by atoms with E-state index in [1.54, 1.807) is 12.1 Å². The smallest absolute Gasteiger partial charge is 0.271 e. The highest BCUT2D eigenvalue weighted by atomic mass is 35.5. The van der Waals surface area contributed by atoms with Gasteiger partial charge in [-0.15, -0.1) is 0 Å². The zero-order chi connectivity index (χ0) is 16.9. The summed E-state index contributed by atoms with van der Waals surface area (Å²) in [5.41, 5.74) is 3.34. The van der Waals surface area contributed by atoms with E-state index in [1.165, 1.54) is 30.5 Å². The number of ether oxygens (including phenoxy) is 2. The van der Waals surface area contributed by atoms with Gasteiger partial charge in [-0.25, -0.2) is 9.82 Å². The third-order valence-electron chi connectivity index (χ3n) is 3.31. The molecular weight excluding hydrogens is 335 g/mol. The number of nitrogens with zero attached hydrogens (tertiary/aromatic N) is 1. The van der Waals surface area contributed by atoms with Gasteiger partial charge in [0.25, 0.3) is 5.91 Å². The summed E-state index contributed by atoms with van der Waals surface area (Å²) < 4.78 is 24.0. The molecule has 0 atom stereocenters. The van der Waals surface area contributed by atoms with E-state index in [4.69, 9.17) is 21.1 Å². The second-order valence-electron chi connectivity index (χ2n) is 5.09. The van der Waals surface area contributed by atoms with E-state index in [1.807, 2.05) is 0 Å². The van der Waals surface area contributed by atoms with Crippen LogP contribution >= 0.6 is 11.6 Å². The molecule has 7 heteroatoms. The van der Waals surface area contributed by atoms with Crippen LogP contribution < -0.4 is 14.9 Å². The van der Waals surface area contributed by atoms with Crippen molar-refractivity contribution in [2.75, 3.05) is 13.2 Å². The Hall–Kier alpha value is -2.60. The van der Waals surface area contributed by atoms with Gasteiger partial charge in [-0.1, -0.05) is 11.6 Å². The predicted octanol–water partition coefficient (Wildman–Crippen LogP) is 3.40. The molecule has 3 rings (SSSR count). The molecule has 1 aliphatic rings. The van der Waals surface area contributed by atoms with Crippen molar-refractivity contribution in [2.45, 2.75) is 6.42 Å². The average Bonchev–Trinajstić information content (AvgIpc) is 2.81. The van der Waals surface area contributed by atoms with Crippen molar-refractivity contribution in [1.82, 2.24) is 5.43 Å². The Morgan fingerprint density at radius 2 is 1.96 bits per heavy atom. The highest BCUT2D eigenvalue weighted by Gasteiger charge is 2.15. The lowest BCUT2D eigenvalue weighted by molar-refractivity contribution is 0.0955. The van der Waals surface area contributed by atoms with Gasteiger partial charge >= 0.3 is 0 Å². The molecule has 0 unspecified atom stereocenters. The molecule has 2 aromatic rings. The van der Waals surface area contributed by atoms with E-state index >= 15 is 0 Å². The average molecular weight is 349 g/mol. The van der Waals surface area contributed by atoms with Gasteiger partial charge in [-0.2, -0.15) is 5.10 Å². The minimum absolute atomic E-state index is 0.310. The number of halogens is 2. The van der Waals surface area contributed by atoms with Crippen molar-refractivity contribution < 1.29 is 18.7 Å². The van der Waals surface area contributed by atoms with Gasteiger partial charge in [-0.05, 0) is 42.0 Å². The lowest BCUT2D eigenvalue weighted by Crippen LogP contribution is -2.17. The third kappa shape index (κ3) is 3.83. The fourth-order valence-electron chi connectivity index (χ4n) is 2.16. The van der Waals surface area contributed by atoms with E-state index in [9.17, 15) is 9.18 Å². The van der Waals surface area contributed by atoms with E-state index < -0.39 is 11.7 Å². The molecule has 0 spiro atoms. The number of carbonyl (C=O) groups excluding carboxylic acids is 1. The number of amides is 1. The van der Waals surface area contributed by atoms with Gasteiger partial charge in [0.05, 0.1) is 24.5 Å². The Labute approximate surface area is 143 Å². The van der Waals surface area contributed by atoms with Gasteiger partial charge in [0.1, 0.15) is 5.82 Å². The second-order valence-corrected chi connectivity index (χ2v) is 5.49. The summed E-state index contributed by atoms with van der Waals surface area (Å²) in [5.74, 6) is 0.219. The molecule has 1 amide bonds. The van der Waals surface area contributed by atoms with Crippen LogP contribution in [0.15, 0.2) is 41.5 Å². The van der Waals surface area contributed by atoms with Crippen LogP contribution in [0.1, 0.15) is 22.3 Å². The largest absolute Gasteiger partial charge is 0.489 e. The SMILES string of the molecule is O=C(N/N=C\c1cc(Cl)c2c(c1)OCCCO2)c1ccc(F)cc1. The molecule has 124 valence electrons. The first-order chi connectivity index (χ1) is 11.6. The highest BCUT2D eigenvalue weighted by molar-refractivity contribution is 6.32. The van der Waals surface area contributed by atoms with Gasteiger partial charge in [0.15, 0.2) is 11.5 Å². The molecule has 1 heterocycles. The first-order valence-electron chi connectivity index (χ1n) is 7.31. The zero-order valence-electron chi connectivity index (χ0n) is 12.6. The van der Waals surface area contributed by atoms with Crippen LogP contribution in [0.4, 0.5) is 4.39 Å². The van der Waals surface area contributed by atoms with Crippen LogP contribution in [0, 0.1) is 5.82 Å². The van der Waals surface area contributed by atoms with E-state index in [0.29, 0.717) is 40.9 Å². The molecule has 0 radical (unpaired) electrons. The molecule has 24 heavy (non-hydrogen) atoms. The lowest BCUT2D eigenvalue weighted by Gasteiger charge is -2.09. The topological polar surface area (TPSA) is 59.9 Å². The van der Waals surface area contributed by atoms with Gasteiger partial charge < -0.3 is 9.47 Å². The van der Waals surface area contributed by atoms with Crippen LogP contribution in [0.5, 0.6) is 11.5 Å². The number of carbonyl (C=O) groups is 1. The quantitative estimate of drug-likeness (QED) is 0.683. The maximum absolute atomic E-state index is 12.8. The van der Waals surface area contributed by atoms with Gasteiger partial charge in [0.2, 0.25) is 0 Å². The number of hydrogen-bond donors (Lipinski definition) is 1. The minimum atomic E-state index is -0.438. The molecule has 2 aromatic carbocycles. The number of hydrazone groups is 1. The number of benzene rings is 2. The first kappa shape index (κ1) is 16.3. The minimum Gasteiger partial charge on any atom is -0.489 e. The maximum Gasteiger partial charge on any atom is 0.271 e. The van der Waals surface area contributed by atoms with Gasteiger partial charge in [0, 0.05) is 12.0 Å². The van der Waals surface area contributed by atoms with E-state index in [0.717, 1.165) is 6.42 Å². The fourth-order valence-corrected chi connectivity index (χ4v) is 2.43. The normalized spacial score (nSPS) is 13.6. The number of hydrogen-bond acceptors (Lipinski definition) is 4. The van der Waals surface area contributed by atoms with Crippen LogP contribution in [-0.2, 0) is 0 Å². The number of nitrogens with one attached hydrogen (secondary N) is 1. The zero-order valence-corrected chi connectivity index (χ0v) is 13.3. The molecule has 0 bridgehead atoms. The maximum atomic E-state index is 12.8. The molecule has 5 nitrogen and oxygen atoms in total. The summed E-state index contributed by atoms with van der Waals surface area (Å²) in [6.45, 7) is 1.10. The summed E-state index contributed by atoms with van der Waals surface area (Å²) in [5, 5.41) is 4.30. The Bertz CT molecular complexity index is 778. The summed E-state index contributed by atoms with van der Waals surface area (Å²) in [6.07, 6.45) is 2.23. The predicted molar refractivity (Wildman–Crippen MR) is 88.5 cm³/mol. The summed E-state index contributed by atoms with van der Waals surface area (Å²) in [6, 6.07) is 8.59. The van der Waals surface area contributed by atoms with E-state index in [2.05, 4.69) is 10.5 Å². The lowest BCUT2D eigenvalue weighted by atomic mass is 10.2. The molecule has 1 N–H and O–H groups in total. The number of fused-ring (bicyclic) bond motifs is 1. The van der Waals surface area contributed by atoms with Crippen molar-refractivity contribution in [3.63, 3.8) is 0 Å². The molecule has 0 saturated carbocycles. The Morgan fingerprint density at radius 1 is 1.21 bits per heavy atom. The first-order valence-corrected chi connectivity index (χ1v) is 7.69. The van der Waals surface area contributed by atoms with Crippen molar-refractivity contribution in [2.24, 2.45) is 5.10 Å². The van der Waals surface area contributed by atoms with Crippen LogP contribution in [0.2, 0.25) is 5.02 Å². The third-order valence-corrected chi connectivity index (χ3v) is 3.59. The van der Waals surface area contributed by atoms with Crippen LogP contribution in [-0.4, -0.2) is 25.3 Å². The molecule has 1 aliphatic heterocycles.